The summed E-state index contributed by atoms with van der Waals surface area (Å²) in [6.07, 6.45) is 0. The molecule has 1 N–H and O–H groups in total. The fourth-order valence-electron chi connectivity index (χ4n) is 0.964. The van der Waals surface area contributed by atoms with Crippen LogP contribution in [-0.4, -0.2) is 17.3 Å². The number of hydrogen-bond donors (Lipinski definition) is 1. The lowest BCUT2D eigenvalue weighted by molar-refractivity contribution is -0.384. The molecule has 0 heterocycles. The Bertz CT molecular complexity index is 304. The van der Waals surface area contributed by atoms with E-state index in [0.717, 1.165) is 0 Å². The average Bonchev–Trinajstić information content (AvgIpc) is 2.15. The van der Waals surface area contributed by atoms with Gasteiger partial charge in [-0.05, 0) is 6.07 Å². The van der Waals surface area contributed by atoms with Crippen LogP contribution in [0.5, 0.6) is 0 Å². The summed E-state index contributed by atoms with van der Waals surface area (Å²) in [5.41, 5.74) is 0.584. The number of hydrogen-bond acceptors (Lipinski definition) is 3. The van der Waals surface area contributed by atoms with E-state index in [9.17, 15) is 10.1 Å². The van der Waals surface area contributed by atoms with Gasteiger partial charge in [0.05, 0.1) is 4.92 Å². The van der Waals surface area contributed by atoms with Gasteiger partial charge >= 0.3 is 0 Å². The van der Waals surface area contributed by atoms with Crippen LogP contribution in [0.4, 0.5) is 11.4 Å². The Hall–Kier alpha value is -1.29. The molecule has 0 aliphatic carbocycles. The van der Waals surface area contributed by atoms with Crippen LogP contribution in [0.2, 0.25) is 0 Å². The molecular weight excluding hydrogens is 192 g/mol. The smallest absolute Gasteiger partial charge is 0.292 e. The highest BCUT2D eigenvalue weighted by atomic mass is 35.5. The molecule has 0 aliphatic rings. The summed E-state index contributed by atoms with van der Waals surface area (Å²) in [6.45, 7) is 0.520. The Kier molecular flexibility index (Phi) is 3.52. The zero-order valence-corrected chi connectivity index (χ0v) is 7.62. The maximum atomic E-state index is 10.5. The first-order valence-electron chi connectivity index (χ1n) is 3.79. The third kappa shape index (κ3) is 2.59. The molecule has 70 valence electrons. The summed E-state index contributed by atoms with van der Waals surface area (Å²) in [5.74, 6) is 0.423. The Morgan fingerprint density at radius 2 is 2.15 bits per heavy atom. The van der Waals surface area contributed by atoms with Crippen molar-refractivity contribution in [2.75, 3.05) is 17.7 Å². The van der Waals surface area contributed by atoms with Crippen LogP contribution in [0.25, 0.3) is 0 Å². The molecule has 1 aromatic rings. The van der Waals surface area contributed by atoms with Gasteiger partial charge in [0.2, 0.25) is 0 Å². The van der Waals surface area contributed by atoms with Crippen molar-refractivity contribution < 1.29 is 4.92 Å². The third-order valence-corrected chi connectivity index (χ3v) is 1.70. The maximum Gasteiger partial charge on any atom is 0.292 e. The molecule has 1 aromatic carbocycles. The van der Waals surface area contributed by atoms with Gasteiger partial charge in [-0.3, -0.25) is 10.1 Å². The van der Waals surface area contributed by atoms with Crippen LogP contribution >= 0.6 is 11.6 Å². The Morgan fingerprint density at radius 1 is 1.46 bits per heavy atom. The molecule has 0 bridgehead atoms. The average molecular weight is 201 g/mol. The number of alkyl halides is 1. The summed E-state index contributed by atoms with van der Waals surface area (Å²) < 4.78 is 0. The van der Waals surface area contributed by atoms with Gasteiger partial charge in [0.15, 0.2) is 0 Å². The fourth-order valence-corrected chi connectivity index (χ4v) is 1.06. The summed E-state index contributed by atoms with van der Waals surface area (Å²) in [5, 5.41) is 13.4. The Labute approximate surface area is 80.7 Å². The summed E-state index contributed by atoms with van der Waals surface area (Å²) in [6, 6.07) is 6.48. The van der Waals surface area contributed by atoms with Crippen LogP contribution in [0.15, 0.2) is 24.3 Å². The maximum absolute atomic E-state index is 10.5. The number of benzene rings is 1. The second kappa shape index (κ2) is 4.67. The normalized spacial score (nSPS) is 9.62. The summed E-state index contributed by atoms with van der Waals surface area (Å²) >= 11 is 5.45. The van der Waals surface area contributed by atoms with Gasteiger partial charge in [-0.15, -0.1) is 11.6 Å². The molecule has 4 nitrogen and oxygen atoms in total. The predicted octanol–water partition coefficient (Wildman–Crippen LogP) is 2.25. The third-order valence-electron chi connectivity index (χ3n) is 1.51. The van der Waals surface area contributed by atoms with Gasteiger partial charge in [-0.1, -0.05) is 12.1 Å². The second-order valence-electron chi connectivity index (χ2n) is 2.39. The van der Waals surface area contributed by atoms with E-state index in [1.54, 1.807) is 18.2 Å². The van der Waals surface area contributed by atoms with Gasteiger partial charge in [-0.25, -0.2) is 0 Å². The highest BCUT2D eigenvalue weighted by Crippen LogP contribution is 2.22. The van der Waals surface area contributed by atoms with Gasteiger partial charge in [0.25, 0.3) is 5.69 Å². The molecule has 0 saturated carbocycles. The fraction of sp³-hybridized carbons (Fsp3) is 0.250. The van der Waals surface area contributed by atoms with Crippen LogP contribution in [-0.2, 0) is 0 Å². The topological polar surface area (TPSA) is 55.2 Å². The highest BCUT2D eigenvalue weighted by molar-refractivity contribution is 6.18. The Morgan fingerprint density at radius 3 is 2.77 bits per heavy atom. The lowest BCUT2D eigenvalue weighted by Gasteiger charge is -2.03. The van der Waals surface area contributed by atoms with Gasteiger partial charge in [0.1, 0.15) is 5.69 Å². The lowest BCUT2D eigenvalue weighted by Crippen LogP contribution is -2.04. The first kappa shape index (κ1) is 9.80. The van der Waals surface area contributed by atoms with Crippen molar-refractivity contribution in [3.05, 3.63) is 34.4 Å². The van der Waals surface area contributed by atoms with Crippen LogP contribution in [0, 0.1) is 10.1 Å². The molecule has 0 amide bonds. The molecule has 13 heavy (non-hydrogen) atoms. The Balaban J connectivity index is 2.84. The quantitative estimate of drug-likeness (QED) is 0.461. The standard InChI is InChI=1S/C8H9ClN2O2/c9-5-6-10-7-3-1-2-4-8(7)11(12)13/h1-4,10H,5-6H2. The minimum absolute atomic E-state index is 0.0765. The van der Waals surface area contributed by atoms with Crippen LogP contribution in [0.1, 0.15) is 0 Å². The molecule has 5 heteroatoms. The molecule has 0 aliphatic heterocycles. The van der Waals surface area contributed by atoms with Gasteiger partial charge in [-0.2, -0.15) is 0 Å². The zero-order valence-electron chi connectivity index (χ0n) is 6.87. The van der Waals surface area contributed by atoms with Crippen molar-refractivity contribution in [1.29, 1.82) is 0 Å². The predicted molar refractivity (Wildman–Crippen MR) is 52.3 cm³/mol. The molecule has 1 rings (SSSR count). The molecule has 0 spiro atoms. The van der Waals surface area contributed by atoms with E-state index in [2.05, 4.69) is 5.32 Å². The minimum Gasteiger partial charge on any atom is -0.378 e. The SMILES string of the molecule is O=[N+]([O-])c1ccccc1NCCCl. The highest BCUT2D eigenvalue weighted by Gasteiger charge is 2.10. The molecule has 0 unspecified atom stereocenters. The van der Waals surface area contributed by atoms with Gasteiger partial charge in [0, 0.05) is 18.5 Å². The van der Waals surface area contributed by atoms with E-state index >= 15 is 0 Å². The molecule has 0 saturated heterocycles. The monoisotopic (exact) mass is 200 g/mol. The van der Waals surface area contributed by atoms with Crippen molar-refractivity contribution >= 4 is 23.0 Å². The number of nitrogens with one attached hydrogen (secondary N) is 1. The molecule has 0 atom stereocenters. The van der Waals surface area contributed by atoms with Crippen molar-refractivity contribution in [1.82, 2.24) is 0 Å². The molecule has 0 aromatic heterocycles. The van der Waals surface area contributed by atoms with Crippen molar-refractivity contribution in [3.8, 4) is 0 Å². The number of halogens is 1. The summed E-state index contributed by atoms with van der Waals surface area (Å²) in [7, 11) is 0. The first-order valence-corrected chi connectivity index (χ1v) is 4.32. The van der Waals surface area contributed by atoms with Crippen LogP contribution < -0.4 is 5.32 Å². The number of nitrogens with zero attached hydrogens (tertiary/aromatic N) is 1. The minimum atomic E-state index is -0.420. The van der Waals surface area contributed by atoms with E-state index in [0.29, 0.717) is 18.1 Å². The van der Waals surface area contributed by atoms with Crippen molar-refractivity contribution in [3.63, 3.8) is 0 Å². The van der Waals surface area contributed by atoms with E-state index in [1.807, 2.05) is 0 Å². The summed E-state index contributed by atoms with van der Waals surface area (Å²) in [4.78, 5) is 10.1. The first-order chi connectivity index (χ1) is 6.25. The van der Waals surface area contributed by atoms with E-state index in [4.69, 9.17) is 11.6 Å². The number of anilines is 1. The number of nitro benzene ring substituents is 1. The van der Waals surface area contributed by atoms with E-state index in [1.165, 1.54) is 6.07 Å². The zero-order chi connectivity index (χ0) is 9.68. The van der Waals surface area contributed by atoms with E-state index in [-0.39, 0.29) is 5.69 Å². The number of rotatable bonds is 4. The van der Waals surface area contributed by atoms with Crippen LogP contribution in [0.3, 0.4) is 0 Å². The lowest BCUT2D eigenvalue weighted by atomic mass is 10.2. The number of nitro groups is 1. The van der Waals surface area contributed by atoms with Crippen molar-refractivity contribution in [2.24, 2.45) is 0 Å². The van der Waals surface area contributed by atoms with Gasteiger partial charge < -0.3 is 5.32 Å². The van der Waals surface area contributed by atoms with E-state index < -0.39 is 4.92 Å². The van der Waals surface area contributed by atoms with Crippen molar-refractivity contribution in [2.45, 2.75) is 0 Å². The number of para-hydroxylation sites is 2. The largest absolute Gasteiger partial charge is 0.378 e. The molecular formula is C8H9ClN2O2. The molecule has 0 fully saturated rings. The molecule has 0 radical (unpaired) electrons. The second-order valence-corrected chi connectivity index (χ2v) is 2.77.